The summed E-state index contributed by atoms with van der Waals surface area (Å²) in [5, 5.41) is 0. The number of aryl methyl sites for hydroxylation is 2. The van der Waals surface area contributed by atoms with Gasteiger partial charge in [0.25, 0.3) is 0 Å². The summed E-state index contributed by atoms with van der Waals surface area (Å²) in [7, 11) is 0. The van der Waals surface area contributed by atoms with Crippen molar-refractivity contribution >= 4 is 0 Å². The third-order valence-electron chi connectivity index (χ3n) is 3.03. The van der Waals surface area contributed by atoms with Crippen LogP contribution in [0.25, 0.3) is 0 Å². The van der Waals surface area contributed by atoms with Gasteiger partial charge in [-0.15, -0.1) is 6.58 Å². The zero-order valence-electron chi connectivity index (χ0n) is 10.9. The minimum absolute atomic E-state index is 0.465. The van der Waals surface area contributed by atoms with Crippen LogP contribution in [0.4, 0.5) is 0 Å². The van der Waals surface area contributed by atoms with Gasteiger partial charge < -0.3 is 0 Å². The topological polar surface area (TPSA) is 0 Å². The van der Waals surface area contributed by atoms with Gasteiger partial charge in [0.2, 0.25) is 0 Å². The molecule has 0 aliphatic heterocycles. The lowest BCUT2D eigenvalue weighted by Gasteiger charge is -2.12. The Labute approximate surface area is 100 Å². The smallest absolute Gasteiger partial charge is 0.00129 e. The van der Waals surface area contributed by atoms with Crippen LogP contribution in [0.3, 0.4) is 0 Å². The first-order valence-corrected chi connectivity index (χ1v) is 6.46. The van der Waals surface area contributed by atoms with Crippen LogP contribution in [0.15, 0.2) is 30.9 Å². The molecule has 0 aliphatic rings. The van der Waals surface area contributed by atoms with E-state index in [1.807, 2.05) is 6.08 Å². The van der Waals surface area contributed by atoms with E-state index >= 15 is 0 Å². The van der Waals surface area contributed by atoms with Crippen molar-refractivity contribution in [3.63, 3.8) is 0 Å². The van der Waals surface area contributed by atoms with Gasteiger partial charge in [0.15, 0.2) is 0 Å². The van der Waals surface area contributed by atoms with E-state index < -0.39 is 0 Å². The third-order valence-corrected chi connectivity index (χ3v) is 3.03. The van der Waals surface area contributed by atoms with Crippen molar-refractivity contribution < 1.29 is 0 Å². The molecule has 1 atom stereocenters. The van der Waals surface area contributed by atoms with Crippen molar-refractivity contribution in [3.05, 3.63) is 47.5 Å². The van der Waals surface area contributed by atoms with Crippen LogP contribution >= 0.6 is 0 Å². The van der Waals surface area contributed by atoms with E-state index in [1.165, 1.54) is 42.4 Å². The zero-order chi connectivity index (χ0) is 12.0. The summed E-state index contributed by atoms with van der Waals surface area (Å²) in [5.74, 6) is 0.465. The summed E-state index contributed by atoms with van der Waals surface area (Å²) in [5.41, 5.74) is 4.39. The van der Waals surface area contributed by atoms with Crippen molar-refractivity contribution in [1.29, 1.82) is 0 Å². The maximum Gasteiger partial charge on any atom is -0.00129 e. The van der Waals surface area contributed by atoms with Gasteiger partial charge in [0, 0.05) is 0 Å². The average molecular weight is 216 g/mol. The number of benzene rings is 1. The van der Waals surface area contributed by atoms with Crippen molar-refractivity contribution in [2.24, 2.45) is 0 Å². The first-order valence-electron chi connectivity index (χ1n) is 6.46. The van der Waals surface area contributed by atoms with Crippen molar-refractivity contribution in [2.45, 2.75) is 52.4 Å². The summed E-state index contributed by atoms with van der Waals surface area (Å²) < 4.78 is 0. The molecule has 0 heterocycles. The average Bonchev–Trinajstić information content (AvgIpc) is 2.28. The molecule has 0 aromatic heterocycles. The second-order valence-electron chi connectivity index (χ2n) is 4.61. The molecule has 1 rings (SSSR count). The quantitative estimate of drug-likeness (QED) is 0.594. The van der Waals surface area contributed by atoms with Crippen molar-refractivity contribution in [3.8, 4) is 0 Å². The Kier molecular flexibility index (Phi) is 5.31. The van der Waals surface area contributed by atoms with Gasteiger partial charge in [-0.1, -0.05) is 57.9 Å². The Bertz CT molecular complexity index is 312. The second-order valence-corrected chi connectivity index (χ2v) is 4.61. The van der Waals surface area contributed by atoms with Crippen LogP contribution in [0, 0.1) is 0 Å². The molecule has 0 saturated heterocycles. The third kappa shape index (κ3) is 3.52. The predicted molar refractivity (Wildman–Crippen MR) is 73.0 cm³/mol. The van der Waals surface area contributed by atoms with Gasteiger partial charge in [0.1, 0.15) is 0 Å². The van der Waals surface area contributed by atoms with Crippen LogP contribution < -0.4 is 0 Å². The lowest BCUT2D eigenvalue weighted by Crippen LogP contribution is -1.96. The molecule has 0 aliphatic carbocycles. The molecule has 0 amide bonds. The highest BCUT2D eigenvalue weighted by molar-refractivity contribution is 5.34. The molecule has 0 heteroatoms. The Balaban J connectivity index is 3.02. The van der Waals surface area contributed by atoms with Crippen LogP contribution in [0.1, 0.15) is 56.2 Å². The largest absolute Gasteiger partial charge is 0.102 e. The van der Waals surface area contributed by atoms with Gasteiger partial charge >= 0.3 is 0 Å². The monoisotopic (exact) mass is 216 g/mol. The molecule has 16 heavy (non-hydrogen) atoms. The molecule has 0 nitrogen and oxygen atoms in total. The van der Waals surface area contributed by atoms with E-state index in [0.29, 0.717) is 5.92 Å². The normalized spacial score (nSPS) is 12.4. The lowest BCUT2D eigenvalue weighted by atomic mass is 9.93. The molecule has 88 valence electrons. The molecular weight excluding hydrogens is 192 g/mol. The molecule has 0 saturated carbocycles. The standard InChI is InChI=1S/C16H24/c1-5-8-14-10-15(9-6-2)12-16(11-14)13(4)7-3/h7,10-13H,3,5-6,8-9H2,1-2,4H3. The van der Waals surface area contributed by atoms with Crippen molar-refractivity contribution in [2.75, 3.05) is 0 Å². The first kappa shape index (κ1) is 13.0. The molecule has 0 spiro atoms. The molecule has 1 unspecified atom stereocenters. The molecule has 0 radical (unpaired) electrons. The minimum atomic E-state index is 0.465. The summed E-state index contributed by atoms with van der Waals surface area (Å²) in [6.07, 6.45) is 6.85. The highest BCUT2D eigenvalue weighted by Crippen LogP contribution is 2.21. The second kappa shape index (κ2) is 6.52. The zero-order valence-corrected chi connectivity index (χ0v) is 10.9. The Morgan fingerprint density at radius 1 is 1.06 bits per heavy atom. The van der Waals surface area contributed by atoms with E-state index in [9.17, 15) is 0 Å². The maximum absolute atomic E-state index is 3.89. The highest BCUT2D eigenvalue weighted by atomic mass is 14.1. The van der Waals surface area contributed by atoms with Crippen LogP contribution in [-0.2, 0) is 12.8 Å². The molecule has 0 bridgehead atoms. The number of hydrogen-bond donors (Lipinski definition) is 0. The Hall–Kier alpha value is -1.04. The van der Waals surface area contributed by atoms with E-state index in [4.69, 9.17) is 0 Å². The maximum atomic E-state index is 3.89. The van der Waals surface area contributed by atoms with Crippen molar-refractivity contribution in [1.82, 2.24) is 0 Å². The Morgan fingerprint density at radius 3 is 1.94 bits per heavy atom. The number of allylic oxidation sites excluding steroid dienone is 1. The summed E-state index contributed by atoms with van der Waals surface area (Å²) in [6.45, 7) is 10.6. The van der Waals surface area contributed by atoms with Crippen LogP contribution in [-0.4, -0.2) is 0 Å². The number of hydrogen-bond acceptors (Lipinski definition) is 0. The summed E-state index contributed by atoms with van der Waals surface area (Å²) >= 11 is 0. The van der Waals surface area contributed by atoms with Crippen LogP contribution in [0.5, 0.6) is 0 Å². The highest BCUT2D eigenvalue weighted by Gasteiger charge is 2.05. The van der Waals surface area contributed by atoms with E-state index in [1.54, 1.807) is 0 Å². The summed E-state index contributed by atoms with van der Waals surface area (Å²) in [6, 6.07) is 7.05. The number of rotatable bonds is 6. The molecule has 0 fully saturated rings. The van der Waals surface area contributed by atoms with E-state index in [-0.39, 0.29) is 0 Å². The molecule has 0 N–H and O–H groups in total. The fraction of sp³-hybridized carbons (Fsp3) is 0.500. The Morgan fingerprint density at radius 2 is 1.56 bits per heavy atom. The lowest BCUT2D eigenvalue weighted by molar-refractivity contribution is 0.876. The van der Waals surface area contributed by atoms with Gasteiger partial charge in [-0.3, -0.25) is 0 Å². The minimum Gasteiger partial charge on any atom is -0.102 e. The molecule has 1 aromatic rings. The van der Waals surface area contributed by atoms with Gasteiger partial charge in [-0.2, -0.15) is 0 Å². The fourth-order valence-electron chi connectivity index (χ4n) is 2.06. The molecule has 1 aromatic carbocycles. The fourth-order valence-corrected chi connectivity index (χ4v) is 2.06. The van der Waals surface area contributed by atoms with E-state index in [2.05, 4.69) is 45.5 Å². The van der Waals surface area contributed by atoms with Gasteiger partial charge in [0.05, 0.1) is 0 Å². The molecular formula is C16H24. The predicted octanol–water partition coefficient (Wildman–Crippen LogP) is 4.88. The van der Waals surface area contributed by atoms with E-state index in [0.717, 1.165) is 0 Å². The first-order chi connectivity index (χ1) is 7.71. The van der Waals surface area contributed by atoms with Gasteiger partial charge in [-0.05, 0) is 35.4 Å². The van der Waals surface area contributed by atoms with Gasteiger partial charge in [-0.25, -0.2) is 0 Å². The van der Waals surface area contributed by atoms with Crippen LogP contribution in [0.2, 0.25) is 0 Å². The summed E-state index contributed by atoms with van der Waals surface area (Å²) in [4.78, 5) is 0. The SMILES string of the molecule is C=CC(C)c1cc(CCC)cc(CCC)c1.